The van der Waals surface area contributed by atoms with E-state index in [1.807, 2.05) is 13.1 Å². The molecule has 1 aliphatic carbocycles. The molecule has 72 valence electrons. The van der Waals surface area contributed by atoms with Gasteiger partial charge in [-0.05, 0) is 25.0 Å². The second-order valence-corrected chi connectivity index (χ2v) is 3.43. The fourth-order valence-corrected chi connectivity index (χ4v) is 1.25. The van der Waals surface area contributed by atoms with Crippen molar-refractivity contribution in [2.75, 3.05) is 12.4 Å². The molecule has 14 heavy (non-hydrogen) atoms. The molecule has 1 N–H and O–H groups in total. The van der Waals surface area contributed by atoms with E-state index in [0.29, 0.717) is 11.7 Å². The van der Waals surface area contributed by atoms with Gasteiger partial charge >= 0.3 is 0 Å². The molecule has 0 saturated heterocycles. The van der Waals surface area contributed by atoms with Crippen molar-refractivity contribution in [3.63, 3.8) is 0 Å². The molecular weight excluding hydrogens is 176 g/mol. The number of benzene rings is 1. The van der Waals surface area contributed by atoms with Crippen LogP contribution < -0.4 is 10.1 Å². The first-order chi connectivity index (χ1) is 6.81. The fraction of sp³-hybridized carbons (Fsp3) is 0.364. The molecule has 1 saturated carbocycles. The Kier molecular flexibility index (Phi) is 2.28. The predicted molar refractivity (Wildman–Crippen MR) is 54.4 cm³/mol. The Labute approximate surface area is 83.3 Å². The van der Waals surface area contributed by atoms with Crippen molar-refractivity contribution in [3.05, 3.63) is 23.8 Å². The summed E-state index contributed by atoms with van der Waals surface area (Å²) in [7, 11) is 1.83. The highest BCUT2D eigenvalue weighted by atomic mass is 16.5. The summed E-state index contributed by atoms with van der Waals surface area (Å²) in [4.78, 5) is 0. The van der Waals surface area contributed by atoms with Crippen LogP contribution >= 0.6 is 0 Å². The molecule has 1 aliphatic rings. The van der Waals surface area contributed by atoms with Crippen LogP contribution in [0.5, 0.6) is 5.75 Å². The molecule has 0 atom stereocenters. The summed E-state index contributed by atoms with van der Waals surface area (Å²) >= 11 is 0. The Morgan fingerprint density at radius 1 is 1.43 bits per heavy atom. The molecule has 2 rings (SSSR count). The lowest BCUT2D eigenvalue weighted by atomic mass is 10.2. The lowest BCUT2D eigenvalue weighted by Crippen LogP contribution is -1.97. The molecule has 0 radical (unpaired) electrons. The molecule has 1 aromatic carbocycles. The second-order valence-electron chi connectivity index (χ2n) is 3.43. The van der Waals surface area contributed by atoms with Gasteiger partial charge in [0.2, 0.25) is 0 Å². The quantitative estimate of drug-likeness (QED) is 0.790. The van der Waals surface area contributed by atoms with Crippen LogP contribution in [-0.2, 0) is 0 Å². The maximum Gasteiger partial charge on any atom is 0.123 e. The van der Waals surface area contributed by atoms with Gasteiger partial charge in [0.15, 0.2) is 0 Å². The standard InChI is InChI=1S/C11H12N2O/c1-13-9-4-8(7-12)5-11(6-9)14-10-2-3-10/h4-6,10,13H,2-3H2,1H3. The molecule has 3 nitrogen and oxygen atoms in total. The molecule has 1 fully saturated rings. The lowest BCUT2D eigenvalue weighted by Gasteiger charge is -2.07. The molecule has 0 heterocycles. The Balaban J connectivity index is 2.24. The molecule has 0 bridgehead atoms. The maximum absolute atomic E-state index is 8.80. The average molecular weight is 188 g/mol. The Hall–Kier alpha value is -1.69. The summed E-state index contributed by atoms with van der Waals surface area (Å²) in [5.74, 6) is 0.788. The zero-order valence-corrected chi connectivity index (χ0v) is 8.08. The zero-order chi connectivity index (χ0) is 9.97. The molecule has 0 aromatic heterocycles. The summed E-state index contributed by atoms with van der Waals surface area (Å²) in [6, 6.07) is 7.61. The molecule has 0 amide bonds. The van der Waals surface area contributed by atoms with E-state index in [-0.39, 0.29) is 0 Å². The number of hydrogen-bond acceptors (Lipinski definition) is 3. The Morgan fingerprint density at radius 2 is 2.21 bits per heavy atom. The van der Waals surface area contributed by atoms with E-state index in [2.05, 4.69) is 11.4 Å². The summed E-state index contributed by atoms with van der Waals surface area (Å²) in [6.07, 6.45) is 2.63. The van der Waals surface area contributed by atoms with Crippen LogP contribution in [0.1, 0.15) is 18.4 Å². The van der Waals surface area contributed by atoms with Crippen LogP contribution in [0.2, 0.25) is 0 Å². The van der Waals surface area contributed by atoms with Crippen molar-refractivity contribution in [2.45, 2.75) is 18.9 Å². The smallest absolute Gasteiger partial charge is 0.123 e. The van der Waals surface area contributed by atoms with E-state index in [4.69, 9.17) is 10.00 Å². The number of nitrogens with zero attached hydrogens (tertiary/aromatic N) is 1. The summed E-state index contributed by atoms with van der Waals surface area (Å²) in [5.41, 5.74) is 1.55. The summed E-state index contributed by atoms with van der Waals surface area (Å²) < 4.78 is 5.62. The first-order valence-corrected chi connectivity index (χ1v) is 4.71. The van der Waals surface area contributed by atoms with Crippen molar-refractivity contribution < 1.29 is 4.74 Å². The van der Waals surface area contributed by atoms with E-state index in [1.54, 1.807) is 12.1 Å². The Morgan fingerprint density at radius 3 is 2.79 bits per heavy atom. The van der Waals surface area contributed by atoms with E-state index < -0.39 is 0 Å². The number of hydrogen-bond donors (Lipinski definition) is 1. The third-order valence-corrected chi connectivity index (χ3v) is 2.15. The van der Waals surface area contributed by atoms with E-state index >= 15 is 0 Å². The maximum atomic E-state index is 8.80. The molecule has 3 heteroatoms. The fourth-order valence-electron chi connectivity index (χ4n) is 1.25. The first-order valence-electron chi connectivity index (χ1n) is 4.71. The minimum Gasteiger partial charge on any atom is -0.490 e. The highest BCUT2D eigenvalue weighted by Gasteiger charge is 2.23. The number of anilines is 1. The predicted octanol–water partition coefficient (Wildman–Crippen LogP) is 2.14. The van der Waals surface area contributed by atoms with Crippen molar-refractivity contribution >= 4 is 5.69 Å². The van der Waals surface area contributed by atoms with Crippen LogP contribution in [0.4, 0.5) is 5.69 Å². The molecule has 1 aromatic rings. The van der Waals surface area contributed by atoms with Crippen LogP contribution in [0, 0.1) is 11.3 Å². The van der Waals surface area contributed by atoms with Gasteiger partial charge in [0.05, 0.1) is 17.7 Å². The van der Waals surface area contributed by atoms with Gasteiger partial charge in [-0.1, -0.05) is 0 Å². The largest absolute Gasteiger partial charge is 0.490 e. The highest BCUT2D eigenvalue weighted by molar-refractivity contribution is 5.54. The number of nitriles is 1. The zero-order valence-electron chi connectivity index (χ0n) is 8.08. The number of nitrogens with one attached hydrogen (secondary N) is 1. The van der Waals surface area contributed by atoms with E-state index in [1.165, 1.54) is 0 Å². The lowest BCUT2D eigenvalue weighted by molar-refractivity contribution is 0.303. The SMILES string of the molecule is CNc1cc(C#N)cc(OC2CC2)c1. The van der Waals surface area contributed by atoms with Gasteiger partial charge in [0.1, 0.15) is 5.75 Å². The molecule has 0 spiro atoms. The number of rotatable bonds is 3. The van der Waals surface area contributed by atoms with Gasteiger partial charge < -0.3 is 10.1 Å². The van der Waals surface area contributed by atoms with Gasteiger partial charge in [-0.15, -0.1) is 0 Å². The summed E-state index contributed by atoms with van der Waals surface area (Å²) in [5, 5.41) is 11.8. The summed E-state index contributed by atoms with van der Waals surface area (Å²) in [6.45, 7) is 0. The van der Waals surface area contributed by atoms with E-state index in [9.17, 15) is 0 Å². The van der Waals surface area contributed by atoms with Crippen molar-refractivity contribution in [1.29, 1.82) is 5.26 Å². The topological polar surface area (TPSA) is 45.0 Å². The monoisotopic (exact) mass is 188 g/mol. The van der Waals surface area contributed by atoms with Gasteiger partial charge in [0.25, 0.3) is 0 Å². The third kappa shape index (κ3) is 1.97. The number of ether oxygens (including phenoxy) is 1. The molecular formula is C11H12N2O. The second kappa shape index (κ2) is 3.59. The van der Waals surface area contributed by atoms with Crippen LogP contribution in [0.3, 0.4) is 0 Å². The van der Waals surface area contributed by atoms with Crippen LogP contribution in [-0.4, -0.2) is 13.2 Å². The van der Waals surface area contributed by atoms with Crippen LogP contribution in [0.25, 0.3) is 0 Å². The normalized spacial score (nSPS) is 14.6. The minimum atomic E-state index is 0.369. The molecule has 0 aliphatic heterocycles. The van der Waals surface area contributed by atoms with Gasteiger partial charge in [-0.3, -0.25) is 0 Å². The van der Waals surface area contributed by atoms with Gasteiger partial charge in [-0.2, -0.15) is 5.26 Å². The molecule has 0 unspecified atom stereocenters. The van der Waals surface area contributed by atoms with Crippen molar-refractivity contribution in [2.24, 2.45) is 0 Å². The third-order valence-electron chi connectivity index (χ3n) is 2.15. The van der Waals surface area contributed by atoms with Crippen molar-refractivity contribution in [1.82, 2.24) is 0 Å². The highest BCUT2D eigenvalue weighted by Crippen LogP contribution is 2.29. The van der Waals surface area contributed by atoms with E-state index in [0.717, 1.165) is 24.3 Å². The first kappa shape index (κ1) is 8.89. The van der Waals surface area contributed by atoms with Crippen molar-refractivity contribution in [3.8, 4) is 11.8 Å². The minimum absolute atomic E-state index is 0.369. The van der Waals surface area contributed by atoms with Gasteiger partial charge in [-0.25, -0.2) is 0 Å². The average Bonchev–Trinajstić information content (AvgIpc) is 3.01. The Bertz CT molecular complexity index is 377. The van der Waals surface area contributed by atoms with Crippen LogP contribution in [0.15, 0.2) is 18.2 Å². The van der Waals surface area contributed by atoms with Gasteiger partial charge in [0, 0.05) is 18.8 Å².